The van der Waals surface area contributed by atoms with Gasteiger partial charge >= 0.3 is 0 Å². The summed E-state index contributed by atoms with van der Waals surface area (Å²) in [5.74, 6) is 0.138. The minimum absolute atomic E-state index is 0.0286. The summed E-state index contributed by atoms with van der Waals surface area (Å²) in [7, 11) is 0. The molecule has 2 amide bonds. The fourth-order valence-electron chi connectivity index (χ4n) is 4.06. The molecular weight excluding hydrogens is 284 g/mol. The molecule has 7 heteroatoms. The van der Waals surface area contributed by atoms with E-state index in [0.29, 0.717) is 26.0 Å². The number of carbonyl (C=O) groups excluding carboxylic acids is 2. The van der Waals surface area contributed by atoms with Crippen LogP contribution in [0.2, 0.25) is 0 Å². The molecule has 1 aromatic heterocycles. The molecule has 4 rings (SSSR count). The van der Waals surface area contributed by atoms with Gasteiger partial charge in [0, 0.05) is 25.2 Å². The number of nitrogens with zero attached hydrogens (tertiary/aromatic N) is 3. The molecule has 22 heavy (non-hydrogen) atoms. The summed E-state index contributed by atoms with van der Waals surface area (Å²) in [6, 6.07) is -0.146. The Kier molecular flexibility index (Phi) is 3.00. The van der Waals surface area contributed by atoms with Crippen molar-refractivity contribution in [2.45, 2.75) is 44.4 Å². The van der Waals surface area contributed by atoms with Gasteiger partial charge in [-0.25, -0.2) is 4.98 Å². The van der Waals surface area contributed by atoms with E-state index in [9.17, 15) is 9.59 Å². The summed E-state index contributed by atoms with van der Waals surface area (Å²) in [5.41, 5.74) is 1.13. The first-order valence-corrected chi connectivity index (χ1v) is 7.84. The number of ether oxygens (including phenoxy) is 1. The molecule has 4 heterocycles. The molecular formula is C15H20N4O3. The highest BCUT2D eigenvalue weighted by Gasteiger charge is 2.61. The Hall–Kier alpha value is -1.89. The van der Waals surface area contributed by atoms with E-state index in [1.807, 2.05) is 16.7 Å². The molecule has 3 aliphatic rings. The van der Waals surface area contributed by atoms with E-state index >= 15 is 0 Å². The van der Waals surface area contributed by atoms with Crippen molar-refractivity contribution in [3.8, 4) is 0 Å². The molecule has 1 aromatic rings. The molecule has 0 aliphatic carbocycles. The predicted octanol–water partition coefficient (Wildman–Crippen LogP) is 0.210. The number of aromatic nitrogens is 2. The normalized spacial score (nSPS) is 30.6. The average Bonchev–Trinajstić information content (AvgIpc) is 3.13. The molecule has 0 saturated carbocycles. The van der Waals surface area contributed by atoms with Crippen molar-refractivity contribution in [2.75, 3.05) is 19.7 Å². The summed E-state index contributed by atoms with van der Waals surface area (Å²) in [5, 5.41) is 0. The van der Waals surface area contributed by atoms with Crippen molar-refractivity contribution >= 4 is 11.8 Å². The van der Waals surface area contributed by atoms with Crippen LogP contribution in [0.5, 0.6) is 0 Å². The van der Waals surface area contributed by atoms with Gasteiger partial charge < -0.3 is 19.5 Å². The summed E-state index contributed by atoms with van der Waals surface area (Å²) in [6.45, 7) is 3.97. The van der Waals surface area contributed by atoms with Gasteiger partial charge in [0.2, 0.25) is 11.8 Å². The summed E-state index contributed by atoms with van der Waals surface area (Å²) >= 11 is 0. The Morgan fingerprint density at radius 2 is 2.41 bits per heavy atom. The number of rotatable bonds is 2. The van der Waals surface area contributed by atoms with E-state index in [4.69, 9.17) is 4.74 Å². The predicted molar refractivity (Wildman–Crippen MR) is 76.8 cm³/mol. The van der Waals surface area contributed by atoms with Crippen LogP contribution in [0.1, 0.15) is 30.7 Å². The molecule has 1 spiro atoms. The van der Waals surface area contributed by atoms with E-state index in [-0.39, 0.29) is 24.3 Å². The SMILES string of the molecule is Cc1[nH]cnc1CC(=O)N1CC[C@@]23OCCCN2C(=O)C[C@@H]13. The first-order valence-electron chi connectivity index (χ1n) is 7.84. The Bertz CT molecular complexity index is 628. The van der Waals surface area contributed by atoms with Crippen molar-refractivity contribution < 1.29 is 14.3 Å². The van der Waals surface area contributed by atoms with E-state index in [2.05, 4.69) is 9.97 Å². The number of H-pyrrole nitrogens is 1. The van der Waals surface area contributed by atoms with Crippen molar-refractivity contribution in [3.63, 3.8) is 0 Å². The monoisotopic (exact) mass is 304 g/mol. The van der Waals surface area contributed by atoms with Gasteiger partial charge in [-0.2, -0.15) is 0 Å². The lowest BCUT2D eigenvalue weighted by molar-refractivity contribution is -0.181. The van der Waals surface area contributed by atoms with Gasteiger partial charge in [0.1, 0.15) is 0 Å². The number of hydrogen-bond donors (Lipinski definition) is 1. The number of carbonyl (C=O) groups is 2. The quantitative estimate of drug-likeness (QED) is 0.847. The third-order valence-corrected chi connectivity index (χ3v) is 5.19. The molecule has 0 aromatic carbocycles. The van der Waals surface area contributed by atoms with Gasteiger partial charge in [0.25, 0.3) is 0 Å². The van der Waals surface area contributed by atoms with E-state index in [1.165, 1.54) is 0 Å². The number of hydrogen-bond acceptors (Lipinski definition) is 4. The van der Waals surface area contributed by atoms with Crippen LogP contribution in [0, 0.1) is 6.92 Å². The Balaban J connectivity index is 1.56. The molecule has 7 nitrogen and oxygen atoms in total. The maximum absolute atomic E-state index is 12.7. The molecule has 2 atom stereocenters. The molecule has 1 N–H and O–H groups in total. The van der Waals surface area contributed by atoms with Gasteiger partial charge in [-0.05, 0) is 13.3 Å². The smallest absolute Gasteiger partial charge is 0.229 e. The Morgan fingerprint density at radius 1 is 1.55 bits per heavy atom. The number of nitrogens with one attached hydrogen (secondary N) is 1. The largest absolute Gasteiger partial charge is 0.353 e. The van der Waals surface area contributed by atoms with Gasteiger partial charge in [-0.1, -0.05) is 0 Å². The van der Waals surface area contributed by atoms with Crippen molar-refractivity contribution in [2.24, 2.45) is 0 Å². The third kappa shape index (κ3) is 1.81. The first-order chi connectivity index (χ1) is 10.6. The number of aryl methyl sites for hydroxylation is 1. The van der Waals surface area contributed by atoms with Gasteiger partial charge in [0.05, 0.1) is 37.5 Å². The number of aromatic amines is 1. The molecule has 0 bridgehead atoms. The Labute approximate surface area is 128 Å². The first kappa shape index (κ1) is 13.8. The molecule has 0 radical (unpaired) electrons. The zero-order chi connectivity index (χ0) is 15.3. The van der Waals surface area contributed by atoms with Crippen LogP contribution in [0.4, 0.5) is 0 Å². The van der Waals surface area contributed by atoms with Crippen LogP contribution >= 0.6 is 0 Å². The lowest BCUT2D eigenvalue weighted by Gasteiger charge is -2.42. The van der Waals surface area contributed by atoms with Gasteiger partial charge in [0.15, 0.2) is 5.72 Å². The topological polar surface area (TPSA) is 78.5 Å². The summed E-state index contributed by atoms with van der Waals surface area (Å²) in [4.78, 5) is 35.8. The fourth-order valence-corrected chi connectivity index (χ4v) is 4.06. The standard InChI is InChI=1S/C15H20N4O3/c1-10-11(17-9-16-10)7-13(20)18-5-3-15-12(18)8-14(21)19(15)4-2-6-22-15/h9,12H,2-8H2,1H3,(H,16,17)/t12-,15+/m1/s1. The van der Waals surface area contributed by atoms with E-state index in [0.717, 1.165) is 24.4 Å². The van der Waals surface area contributed by atoms with E-state index < -0.39 is 5.72 Å². The fraction of sp³-hybridized carbons (Fsp3) is 0.667. The third-order valence-electron chi connectivity index (χ3n) is 5.19. The minimum atomic E-state index is -0.564. The van der Waals surface area contributed by atoms with Crippen molar-refractivity contribution in [1.29, 1.82) is 0 Å². The summed E-state index contributed by atoms with van der Waals surface area (Å²) < 4.78 is 6.01. The molecule has 3 fully saturated rings. The van der Waals surface area contributed by atoms with Gasteiger partial charge in [-0.15, -0.1) is 0 Å². The highest BCUT2D eigenvalue weighted by molar-refractivity contribution is 5.85. The zero-order valence-electron chi connectivity index (χ0n) is 12.7. The van der Waals surface area contributed by atoms with Crippen LogP contribution in [-0.2, 0) is 20.7 Å². The van der Waals surface area contributed by atoms with Crippen molar-refractivity contribution in [1.82, 2.24) is 19.8 Å². The number of imidazole rings is 1. The van der Waals surface area contributed by atoms with E-state index in [1.54, 1.807) is 6.33 Å². The van der Waals surface area contributed by atoms with Crippen LogP contribution < -0.4 is 0 Å². The summed E-state index contributed by atoms with van der Waals surface area (Å²) in [6.07, 6.45) is 3.85. The molecule has 3 saturated heterocycles. The van der Waals surface area contributed by atoms with Crippen molar-refractivity contribution in [3.05, 3.63) is 17.7 Å². The van der Waals surface area contributed by atoms with Crippen LogP contribution in [0.25, 0.3) is 0 Å². The maximum atomic E-state index is 12.7. The average molecular weight is 304 g/mol. The van der Waals surface area contributed by atoms with Crippen LogP contribution in [0.15, 0.2) is 6.33 Å². The molecule has 0 unspecified atom stereocenters. The Morgan fingerprint density at radius 3 is 3.18 bits per heavy atom. The van der Waals surface area contributed by atoms with Crippen LogP contribution in [-0.4, -0.2) is 63.0 Å². The second kappa shape index (κ2) is 4.81. The lowest BCUT2D eigenvalue weighted by atomic mass is 10.0. The molecule has 118 valence electrons. The highest BCUT2D eigenvalue weighted by Crippen LogP contribution is 2.44. The van der Waals surface area contributed by atoms with Gasteiger partial charge in [-0.3, -0.25) is 9.59 Å². The highest BCUT2D eigenvalue weighted by atomic mass is 16.5. The number of amides is 2. The zero-order valence-corrected chi connectivity index (χ0v) is 12.7. The number of likely N-dealkylation sites (tertiary alicyclic amines) is 1. The minimum Gasteiger partial charge on any atom is -0.353 e. The molecule has 3 aliphatic heterocycles. The lowest BCUT2D eigenvalue weighted by Crippen LogP contribution is -2.56. The second-order valence-electron chi connectivity index (χ2n) is 6.30. The van der Waals surface area contributed by atoms with Crippen LogP contribution in [0.3, 0.4) is 0 Å². The maximum Gasteiger partial charge on any atom is 0.229 e. The second-order valence-corrected chi connectivity index (χ2v) is 6.30.